The molecule has 0 unspecified atom stereocenters. The summed E-state index contributed by atoms with van der Waals surface area (Å²) in [5.74, 6) is -1.13. The van der Waals surface area contributed by atoms with Gasteiger partial charge in [-0.3, -0.25) is 0 Å². The number of hydrogen-bond acceptors (Lipinski definition) is 3. The Kier molecular flexibility index (Phi) is 4.48. The first-order chi connectivity index (χ1) is 8.30. The minimum Gasteiger partial charge on any atom is -0.478 e. The van der Waals surface area contributed by atoms with Gasteiger partial charge in [0.2, 0.25) is 10.0 Å². The van der Waals surface area contributed by atoms with Crippen molar-refractivity contribution in [1.82, 2.24) is 4.31 Å². The molecule has 0 atom stereocenters. The molecule has 0 aliphatic rings. The van der Waals surface area contributed by atoms with E-state index in [4.69, 9.17) is 5.11 Å². The number of carbonyl (C=O) groups is 1. The van der Waals surface area contributed by atoms with E-state index in [1.165, 1.54) is 29.6 Å². The minimum absolute atomic E-state index is 0.0240. The van der Waals surface area contributed by atoms with Gasteiger partial charge in [0.25, 0.3) is 0 Å². The number of nitrogens with zero attached hydrogens (tertiary/aromatic N) is 1. The number of hydrogen-bond donors (Lipinski definition) is 1. The highest BCUT2D eigenvalue weighted by molar-refractivity contribution is 7.89. The van der Waals surface area contributed by atoms with Crippen molar-refractivity contribution >= 4 is 16.0 Å². The van der Waals surface area contributed by atoms with Gasteiger partial charge in [-0.1, -0.05) is 13.0 Å². The molecule has 0 aliphatic carbocycles. The Bertz CT molecular complexity index is 551. The molecule has 0 amide bonds. The lowest BCUT2D eigenvalue weighted by molar-refractivity contribution is 0.0696. The van der Waals surface area contributed by atoms with E-state index in [2.05, 4.69) is 0 Å². The lowest BCUT2D eigenvalue weighted by Gasteiger charge is -2.18. The van der Waals surface area contributed by atoms with E-state index in [1.807, 2.05) is 6.92 Å². The van der Waals surface area contributed by atoms with Crippen LogP contribution in [0.3, 0.4) is 0 Å². The zero-order chi connectivity index (χ0) is 13.9. The van der Waals surface area contributed by atoms with Crippen molar-refractivity contribution in [1.29, 1.82) is 0 Å². The molecule has 0 fully saturated rings. The molecule has 0 bridgehead atoms. The fourth-order valence-electron chi connectivity index (χ4n) is 1.61. The molecule has 0 heterocycles. The first kappa shape index (κ1) is 14.7. The molecule has 0 aromatic heterocycles. The Hall–Kier alpha value is -1.40. The summed E-state index contributed by atoms with van der Waals surface area (Å²) in [7, 11) is -2.13. The Morgan fingerprint density at radius 3 is 2.50 bits per heavy atom. The fraction of sp³-hybridized carbons (Fsp3) is 0.417. The van der Waals surface area contributed by atoms with Crippen molar-refractivity contribution in [3.63, 3.8) is 0 Å². The number of aromatic carboxylic acids is 1. The maximum Gasteiger partial charge on any atom is 0.335 e. The number of aryl methyl sites for hydroxylation is 1. The summed E-state index contributed by atoms with van der Waals surface area (Å²) in [5, 5.41) is 8.90. The van der Waals surface area contributed by atoms with Gasteiger partial charge in [0.05, 0.1) is 10.5 Å². The second kappa shape index (κ2) is 5.49. The van der Waals surface area contributed by atoms with E-state index in [1.54, 1.807) is 6.92 Å². The summed E-state index contributed by atoms with van der Waals surface area (Å²) in [6.45, 7) is 3.93. The number of rotatable bonds is 5. The maximum absolute atomic E-state index is 12.3. The molecule has 0 aliphatic heterocycles. The van der Waals surface area contributed by atoms with Crippen LogP contribution in [0, 0.1) is 6.92 Å². The molecule has 18 heavy (non-hydrogen) atoms. The predicted octanol–water partition coefficient (Wildman–Crippen LogP) is 1.72. The zero-order valence-corrected chi connectivity index (χ0v) is 11.5. The summed E-state index contributed by atoms with van der Waals surface area (Å²) in [6, 6.07) is 4.12. The number of sulfonamides is 1. The molecule has 0 saturated carbocycles. The second-order valence-corrected chi connectivity index (χ2v) is 6.13. The molecule has 0 radical (unpaired) electrons. The van der Waals surface area contributed by atoms with Gasteiger partial charge in [-0.25, -0.2) is 17.5 Å². The highest BCUT2D eigenvalue weighted by Crippen LogP contribution is 2.20. The average Bonchev–Trinajstić information content (AvgIpc) is 2.29. The van der Waals surface area contributed by atoms with Crippen molar-refractivity contribution < 1.29 is 18.3 Å². The van der Waals surface area contributed by atoms with E-state index < -0.39 is 16.0 Å². The van der Waals surface area contributed by atoms with Crippen molar-refractivity contribution in [2.75, 3.05) is 13.6 Å². The van der Waals surface area contributed by atoms with E-state index in [0.29, 0.717) is 18.5 Å². The second-order valence-electron chi connectivity index (χ2n) is 4.11. The minimum atomic E-state index is -3.62. The normalized spacial score (nSPS) is 11.8. The Balaban J connectivity index is 3.31. The Morgan fingerprint density at radius 2 is 2.00 bits per heavy atom. The number of carboxylic acid groups (broad SMARTS) is 1. The molecule has 1 aromatic carbocycles. The third kappa shape index (κ3) is 2.88. The molecular formula is C12H17NO4S. The summed E-state index contributed by atoms with van der Waals surface area (Å²) >= 11 is 0. The van der Waals surface area contributed by atoms with Crippen LogP contribution in [0.5, 0.6) is 0 Å². The molecular weight excluding hydrogens is 254 g/mol. The summed E-state index contributed by atoms with van der Waals surface area (Å²) in [5.41, 5.74) is 0.520. The van der Waals surface area contributed by atoms with Gasteiger partial charge >= 0.3 is 5.97 Å². The fourth-order valence-corrected chi connectivity index (χ4v) is 3.12. The van der Waals surface area contributed by atoms with Crippen LogP contribution in [-0.2, 0) is 10.0 Å². The standard InChI is InChI=1S/C12H17NO4S/c1-4-7-13(3)18(16,17)11-8-10(12(14)15)6-5-9(11)2/h5-6,8H,4,7H2,1-3H3,(H,14,15). The number of carboxylic acids is 1. The zero-order valence-electron chi connectivity index (χ0n) is 10.7. The van der Waals surface area contributed by atoms with Crippen LogP contribution in [0.2, 0.25) is 0 Å². The molecule has 0 spiro atoms. The summed E-state index contributed by atoms with van der Waals surface area (Å²) in [4.78, 5) is 10.9. The average molecular weight is 271 g/mol. The summed E-state index contributed by atoms with van der Waals surface area (Å²) in [6.07, 6.45) is 0.702. The Labute approximate surface area is 107 Å². The van der Waals surface area contributed by atoms with Gasteiger partial charge in [0.15, 0.2) is 0 Å². The molecule has 0 saturated heterocycles. The lowest BCUT2D eigenvalue weighted by atomic mass is 10.1. The topological polar surface area (TPSA) is 74.7 Å². The van der Waals surface area contributed by atoms with Gasteiger partial charge in [-0.2, -0.15) is 0 Å². The van der Waals surface area contributed by atoms with E-state index in [0.717, 1.165) is 0 Å². The van der Waals surface area contributed by atoms with Gasteiger partial charge in [0.1, 0.15) is 0 Å². The lowest BCUT2D eigenvalue weighted by Crippen LogP contribution is -2.28. The van der Waals surface area contributed by atoms with E-state index >= 15 is 0 Å². The third-order valence-electron chi connectivity index (χ3n) is 2.66. The summed E-state index contributed by atoms with van der Waals surface area (Å²) < 4.78 is 25.7. The van der Waals surface area contributed by atoms with Crippen molar-refractivity contribution in [2.24, 2.45) is 0 Å². The first-order valence-electron chi connectivity index (χ1n) is 5.61. The highest BCUT2D eigenvalue weighted by atomic mass is 32.2. The quantitative estimate of drug-likeness (QED) is 0.885. The predicted molar refractivity (Wildman–Crippen MR) is 68.2 cm³/mol. The highest BCUT2D eigenvalue weighted by Gasteiger charge is 2.23. The van der Waals surface area contributed by atoms with E-state index in [9.17, 15) is 13.2 Å². The first-order valence-corrected chi connectivity index (χ1v) is 7.05. The van der Waals surface area contributed by atoms with Crippen LogP contribution in [0.4, 0.5) is 0 Å². The number of benzene rings is 1. The maximum atomic E-state index is 12.3. The molecule has 5 nitrogen and oxygen atoms in total. The molecule has 1 aromatic rings. The van der Waals surface area contributed by atoms with Crippen LogP contribution in [0.15, 0.2) is 23.1 Å². The van der Waals surface area contributed by atoms with Crippen LogP contribution in [-0.4, -0.2) is 37.4 Å². The molecule has 6 heteroatoms. The van der Waals surface area contributed by atoms with Crippen molar-refractivity contribution in [2.45, 2.75) is 25.2 Å². The van der Waals surface area contributed by atoms with Gasteiger partial charge in [-0.05, 0) is 31.0 Å². The Morgan fingerprint density at radius 1 is 1.39 bits per heavy atom. The van der Waals surface area contributed by atoms with Crippen LogP contribution in [0.25, 0.3) is 0 Å². The molecule has 1 N–H and O–H groups in total. The van der Waals surface area contributed by atoms with Crippen LogP contribution >= 0.6 is 0 Å². The third-order valence-corrected chi connectivity index (χ3v) is 4.66. The van der Waals surface area contributed by atoms with Gasteiger partial charge < -0.3 is 5.11 Å². The van der Waals surface area contributed by atoms with Gasteiger partial charge in [-0.15, -0.1) is 0 Å². The smallest absolute Gasteiger partial charge is 0.335 e. The molecule has 100 valence electrons. The van der Waals surface area contributed by atoms with Gasteiger partial charge in [0, 0.05) is 13.6 Å². The van der Waals surface area contributed by atoms with E-state index in [-0.39, 0.29) is 10.5 Å². The van der Waals surface area contributed by atoms with Crippen LogP contribution in [0.1, 0.15) is 29.3 Å². The largest absolute Gasteiger partial charge is 0.478 e. The molecule has 1 rings (SSSR count). The SMILES string of the molecule is CCCN(C)S(=O)(=O)c1cc(C(=O)O)ccc1C. The van der Waals surface area contributed by atoms with Crippen molar-refractivity contribution in [3.05, 3.63) is 29.3 Å². The monoisotopic (exact) mass is 271 g/mol. The van der Waals surface area contributed by atoms with Crippen molar-refractivity contribution in [3.8, 4) is 0 Å². The van der Waals surface area contributed by atoms with Crippen LogP contribution < -0.4 is 0 Å².